The molecule has 1 aliphatic rings. The molecule has 1 fully saturated rings. The highest BCUT2D eigenvalue weighted by Gasteiger charge is 2.36. The molecule has 0 aliphatic heterocycles. The number of fused-ring (bicyclic) bond motifs is 1. The molecule has 1 amide bonds. The summed E-state index contributed by atoms with van der Waals surface area (Å²) in [6, 6.07) is 0.960. The number of alkyl halides is 3. The summed E-state index contributed by atoms with van der Waals surface area (Å²) >= 11 is 3.16. The second-order valence-corrected chi connectivity index (χ2v) is 6.43. The van der Waals surface area contributed by atoms with E-state index >= 15 is 0 Å². The predicted octanol–water partition coefficient (Wildman–Crippen LogP) is 3.49. The third-order valence-electron chi connectivity index (χ3n) is 3.86. The molecule has 0 atom stereocenters. The lowest BCUT2D eigenvalue weighted by atomic mass is 10.2. The molecular formula is C14H14BrF3N4O. The third-order valence-corrected chi connectivity index (χ3v) is 4.59. The Morgan fingerprint density at radius 3 is 2.65 bits per heavy atom. The van der Waals surface area contributed by atoms with Gasteiger partial charge in [0, 0.05) is 11.7 Å². The maximum absolute atomic E-state index is 13.2. The van der Waals surface area contributed by atoms with Crippen LogP contribution in [0.1, 0.15) is 47.6 Å². The van der Waals surface area contributed by atoms with E-state index in [4.69, 9.17) is 0 Å². The van der Waals surface area contributed by atoms with Crippen molar-refractivity contribution in [2.45, 2.75) is 44.8 Å². The van der Waals surface area contributed by atoms with E-state index in [1.54, 1.807) is 0 Å². The molecule has 5 nitrogen and oxygen atoms in total. The summed E-state index contributed by atoms with van der Waals surface area (Å²) in [5, 5.41) is 6.65. The number of hydrogen-bond donors (Lipinski definition) is 1. The number of halogens is 4. The van der Waals surface area contributed by atoms with Gasteiger partial charge in [-0.05, 0) is 41.8 Å². The molecule has 9 heteroatoms. The summed E-state index contributed by atoms with van der Waals surface area (Å²) in [7, 11) is 0. The van der Waals surface area contributed by atoms with Gasteiger partial charge in [-0.15, -0.1) is 0 Å². The smallest absolute Gasteiger partial charge is 0.348 e. The van der Waals surface area contributed by atoms with Crippen LogP contribution in [0.4, 0.5) is 13.2 Å². The lowest BCUT2D eigenvalue weighted by molar-refractivity contribution is -0.142. The molecule has 2 heterocycles. The van der Waals surface area contributed by atoms with Crippen molar-refractivity contribution < 1.29 is 18.0 Å². The van der Waals surface area contributed by atoms with E-state index in [1.165, 1.54) is 6.92 Å². The van der Waals surface area contributed by atoms with Crippen LogP contribution in [0, 0.1) is 6.92 Å². The number of carbonyl (C=O) groups excluding carboxylic acids is 1. The average Bonchev–Trinajstić information content (AvgIpc) is 3.06. The molecule has 0 unspecified atom stereocenters. The number of hydrogen-bond acceptors (Lipinski definition) is 3. The van der Waals surface area contributed by atoms with E-state index in [2.05, 4.69) is 31.3 Å². The minimum absolute atomic E-state index is 0.0195. The van der Waals surface area contributed by atoms with Crippen LogP contribution >= 0.6 is 15.9 Å². The van der Waals surface area contributed by atoms with Crippen molar-refractivity contribution in [3.05, 3.63) is 27.6 Å². The van der Waals surface area contributed by atoms with Crippen molar-refractivity contribution in [2.24, 2.45) is 0 Å². The van der Waals surface area contributed by atoms with Gasteiger partial charge in [-0.1, -0.05) is 12.8 Å². The minimum atomic E-state index is -4.59. The van der Waals surface area contributed by atoms with Gasteiger partial charge in [0.05, 0.1) is 4.47 Å². The van der Waals surface area contributed by atoms with E-state index in [0.29, 0.717) is 4.52 Å². The topological polar surface area (TPSA) is 59.3 Å². The molecule has 124 valence electrons. The summed E-state index contributed by atoms with van der Waals surface area (Å²) in [6.45, 7) is 1.47. The van der Waals surface area contributed by atoms with Crippen LogP contribution in [-0.2, 0) is 6.18 Å². The standard InChI is InChI=1S/C14H14BrF3N4O/c1-7-6-9(14(16,17)18)22-12(19-7)10(15)11(21-22)13(23)20-8-4-2-3-5-8/h6,8H,2-5H2,1H3,(H,20,23). The highest BCUT2D eigenvalue weighted by Crippen LogP contribution is 2.32. The fourth-order valence-electron chi connectivity index (χ4n) is 2.78. The summed E-state index contributed by atoms with van der Waals surface area (Å²) < 4.78 is 40.3. The normalized spacial score (nSPS) is 16.2. The van der Waals surface area contributed by atoms with E-state index < -0.39 is 17.8 Å². The van der Waals surface area contributed by atoms with Crippen LogP contribution < -0.4 is 5.32 Å². The summed E-state index contributed by atoms with van der Waals surface area (Å²) in [6.07, 6.45) is -0.757. The van der Waals surface area contributed by atoms with Crippen molar-refractivity contribution in [3.8, 4) is 0 Å². The van der Waals surface area contributed by atoms with Crippen molar-refractivity contribution >= 4 is 27.5 Å². The highest BCUT2D eigenvalue weighted by atomic mass is 79.9. The molecule has 1 N–H and O–H groups in total. The molecule has 1 saturated carbocycles. The Hall–Kier alpha value is -1.64. The zero-order valence-electron chi connectivity index (χ0n) is 12.2. The van der Waals surface area contributed by atoms with Gasteiger partial charge in [0.1, 0.15) is 5.69 Å². The Morgan fingerprint density at radius 2 is 2.04 bits per heavy atom. The summed E-state index contributed by atoms with van der Waals surface area (Å²) in [4.78, 5) is 16.4. The first-order chi connectivity index (χ1) is 10.8. The first-order valence-corrected chi connectivity index (χ1v) is 8.00. The monoisotopic (exact) mass is 390 g/mol. The number of rotatable bonds is 2. The molecule has 3 rings (SSSR count). The Balaban J connectivity index is 2.05. The van der Waals surface area contributed by atoms with Gasteiger partial charge in [0.15, 0.2) is 11.3 Å². The maximum Gasteiger partial charge on any atom is 0.433 e. The van der Waals surface area contributed by atoms with Crippen molar-refractivity contribution in [1.82, 2.24) is 19.9 Å². The van der Waals surface area contributed by atoms with Gasteiger partial charge in [0.25, 0.3) is 5.91 Å². The van der Waals surface area contributed by atoms with Crippen molar-refractivity contribution in [1.29, 1.82) is 0 Å². The van der Waals surface area contributed by atoms with E-state index in [9.17, 15) is 18.0 Å². The summed E-state index contributed by atoms with van der Waals surface area (Å²) in [5.74, 6) is -0.486. The average molecular weight is 391 g/mol. The summed E-state index contributed by atoms with van der Waals surface area (Å²) in [5.41, 5.74) is -0.858. The van der Waals surface area contributed by atoms with Gasteiger partial charge in [-0.2, -0.15) is 18.3 Å². The van der Waals surface area contributed by atoms with Gasteiger partial charge < -0.3 is 5.32 Å². The van der Waals surface area contributed by atoms with E-state index in [0.717, 1.165) is 31.7 Å². The number of aryl methyl sites for hydroxylation is 1. The van der Waals surface area contributed by atoms with Crippen molar-refractivity contribution in [3.63, 3.8) is 0 Å². The molecule has 2 aromatic heterocycles. The first-order valence-electron chi connectivity index (χ1n) is 7.21. The Kier molecular flexibility index (Phi) is 4.07. The fourth-order valence-corrected chi connectivity index (χ4v) is 3.30. The SMILES string of the molecule is Cc1cc(C(F)(F)F)n2nc(C(=O)NC3CCCC3)c(Br)c2n1. The predicted molar refractivity (Wildman–Crippen MR) is 80.1 cm³/mol. The molecule has 0 radical (unpaired) electrons. The Morgan fingerprint density at radius 1 is 1.39 bits per heavy atom. The van der Waals surface area contributed by atoms with Gasteiger partial charge in [-0.3, -0.25) is 4.79 Å². The largest absolute Gasteiger partial charge is 0.433 e. The molecule has 1 aliphatic carbocycles. The Labute approximate surface area is 138 Å². The fraction of sp³-hybridized carbons (Fsp3) is 0.500. The van der Waals surface area contributed by atoms with Crippen LogP contribution in [0.15, 0.2) is 10.5 Å². The molecular weight excluding hydrogens is 377 g/mol. The van der Waals surface area contributed by atoms with Crippen LogP contribution in [0.3, 0.4) is 0 Å². The minimum Gasteiger partial charge on any atom is -0.348 e. The zero-order chi connectivity index (χ0) is 16.8. The molecule has 23 heavy (non-hydrogen) atoms. The second kappa shape index (κ2) is 5.77. The molecule has 0 spiro atoms. The number of aromatic nitrogens is 3. The Bertz CT molecular complexity index is 765. The quantitative estimate of drug-likeness (QED) is 0.853. The zero-order valence-corrected chi connectivity index (χ0v) is 13.8. The molecule has 2 aromatic rings. The van der Waals surface area contributed by atoms with Gasteiger partial charge in [0.2, 0.25) is 0 Å². The van der Waals surface area contributed by atoms with Gasteiger partial charge >= 0.3 is 6.18 Å². The van der Waals surface area contributed by atoms with Crippen LogP contribution in [0.25, 0.3) is 5.65 Å². The van der Waals surface area contributed by atoms with E-state index in [1.807, 2.05) is 0 Å². The molecule has 0 bridgehead atoms. The molecule has 0 saturated heterocycles. The lowest BCUT2D eigenvalue weighted by Crippen LogP contribution is -2.33. The van der Waals surface area contributed by atoms with Crippen LogP contribution in [0.2, 0.25) is 0 Å². The maximum atomic E-state index is 13.2. The highest BCUT2D eigenvalue weighted by molar-refractivity contribution is 9.10. The lowest BCUT2D eigenvalue weighted by Gasteiger charge is -2.10. The van der Waals surface area contributed by atoms with E-state index in [-0.39, 0.29) is 27.5 Å². The second-order valence-electron chi connectivity index (χ2n) is 5.63. The number of nitrogens with one attached hydrogen (secondary N) is 1. The first kappa shape index (κ1) is 16.2. The number of nitrogens with zero attached hydrogens (tertiary/aromatic N) is 3. The van der Waals surface area contributed by atoms with Gasteiger partial charge in [-0.25, -0.2) is 9.50 Å². The molecule has 0 aromatic carbocycles. The number of carbonyl (C=O) groups is 1. The van der Waals surface area contributed by atoms with Crippen molar-refractivity contribution in [2.75, 3.05) is 0 Å². The van der Waals surface area contributed by atoms with Crippen LogP contribution in [-0.4, -0.2) is 26.5 Å². The third kappa shape index (κ3) is 3.06. The number of amides is 1. The van der Waals surface area contributed by atoms with Crippen LogP contribution in [0.5, 0.6) is 0 Å².